The number of hydrogen-bond donors (Lipinski definition) is 0. The van der Waals surface area contributed by atoms with Gasteiger partial charge in [-0.25, -0.2) is 0 Å². The topological polar surface area (TPSA) is 36.9 Å². The Labute approximate surface area is 289 Å². The van der Waals surface area contributed by atoms with Crippen LogP contribution >= 0.6 is 11.8 Å². The highest BCUT2D eigenvalue weighted by atomic mass is 32.2. The van der Waals surface area contributed by atoms with Gasteiger partial charge in [-0.3, -0.25) is 0 Å². The Morgan fingerprint density at radius 1 is 0.609 bits per heavy atom. The lowest BCUT2D eigenvalue weighted by Crippen LogP contribution is -2.32. The molecule has 2 fully saturated rings. The quantitative estimate of drug-likeness (QED) is 0.216. The minimum Gasteiger partial charge on any atom is -0.382 e. The van der Waals surface area contributed by atoms with E-state index >= 15 is 0 Å². The molecule has 2 rings (SSSR count). The van der Waals surface area contributed by atoms with E-state index in [1.54, 1.807) is 21.0 Å². The van der Waals surface area contributed by atoms with Gasteiger partial charge in [-0.05, 0) is 124 Å². The maximum atomic E-state index is 11.3. The first-order valence-corrected chi connectivity index (χ1v) is 19.2. The van der Waals surface area contributed by atoms with Gasteiger partial charge in [0.1, 0.15) is 6.61 Å². The molecule has 0 amide bonds. The van der Waals surface area contributed by atoms with Crippen molar-refractivity contribution in [3.63, 3.8) is 0 Å². The van der Waals surface area contributed by atoms with Crippen molar-refractivity contribution in [2.24, 2.45) is 23.7 Å². The first kappa shape index (κ1) is 50.4. The van der Waals surface area contributed by atoms with Crippen molar-refractivity contribution >= 4 is 11.8 Å². The summed E-state index contributed by atoms with van der Waals surface area (Å²) in [5.41, 5.74) is -0.0862. The summed E-state index contributed by atoms with van der Waals surface area (Å²) < 4.78 is 54.3. The maximum absolute atomic E-state index is 11.3. The molecule has 1 aliphatic carbocycles. The minimum absolute atomic E-state index is 0.0637. The molecule has 0 aromatic heterocycles. The second-order valence-corrected chi connectivity index (χ2v) is 16.7. The van der Waals surface area contributed by atoms with Crippen molar-refractivity contribution in [1.82, 2.24) is 0 Å². The summed E-state index contributed by atoms with van der Waals surface area (Å²) in [6, 6.07) is 0. The fourth-order valence-electron chi connectivity index (χ4n) is 5.19. The van der Waals surface area contributed by atoms with Crippen LogP contribution in [-0.4, -0.2) is 67.5 Å². The Morgan fingerprint density at radius 3 is 1.26 bits per heavy atom. The number of rotatable bonds is 11. The molecule has 4 nitrogen and oxygen atoms in total. The van der Waals surface area contributed by atoms with E-state index < -0.39 is 12.8 Å². The second kappa shape index (κ2) is 27.8. The van der Waals surface area contributed by atoms with E-state index in [0.29, 0.717) is 12.7 Å². The number of hydrogen-bond acceptors (Lipinski definition) is 5. The molecule has 0 atom stereocenters. The molecular weight excluding hydrogens is 609 g/mol. The van der Waals surface area contributed by atoms with Crippen molar-refractivity contribution in [3.05, 3.63) is 0 Å². The molecular formula is C38H79F3O4S. The fraction of sp³-hybridized carbons (Fsp3) is 1.00. The minimum atomic E-state index is -4.19. The number of alkyl halides is 3. The Kier molecular flexibility index (Phi) is 30.4. The monoisotopic (exact) mass is 689 g/mol. The molecule has 8 heteroatoms. The van der Waals surface area contributed by atoms with Crippen molar-refractivity contribution in [3.8, 4) is 0 Å². The van der Waals surface area contributed by atoms with E-state index in [1.807, 2.05) is 27.7 Å². The summed E-state index contributed by atoms with van der Waals surface area (Å²) in [6.45, 7) is 30.6. The van der Waals surface area contributed by atoms with Crippen LogP contribution in [0.2, 0.25) is 0 Å². The first-order valence-electron chi connectivity index (χ1n) is 18.1. The van der Waals surface area contributed by atoms with E-state index in [0.717, 1.165) is 30.1 Å². The molecule has 282 valence electrons. The molecule has 46 heavy (non-hydrogen) atoms. The summed E-state index contributed by atoms with van der Waals surface area (Å²) in [5.74, 6) is 6.76. The average molecular weight is 689 g/mol. The predicted octanol–water partition coefficient (Wildman–Crippen LogP) is 12.4. The van der Waals surface area contributed by atoms with E-state index in [2.05, 4.69) is 78.8 Å². The normalized spacial score (nSPS) is 16.7. The van der Waals surface area contributed by atoms with Gasteiger partial charge in [0.25, 0.3) is 0 Å². The third-order valence-corrected chi connectivity index (χ3v) is 8.88. The Bertz CT molecular complexity index is 631. The van der Waals surface area contributed by atoms with Crippen molar-refractivity contribution in [2.45, 2.75) is 191 Å². The molecule has 0 spiro atoms. The summed E-state index contributed by atoms with van der Waals surface area (Å²) in [5, 5.41) is 0. The van der Waals surface area contributed by atoms with Crippen LogP contribution in [0.1, 0.15) is 155 Å². The molecule has 0 radical (unpaired) electrons. The summed E-state index contributed by atoms with van der Waals surface area (Å²) in [4.78, 5) is 0. The van der Waals surface area contributed by atoms with Gasteiger partial charge in [0.2, 0.25) is 0 Å². The van der Waals surface area contributed by atoms with Crippen LogP contribution in [0.25, 0.3) is 0 Å². The number of thioether (sulfide) groups is 1. The number of methoxy groups -OCH3 is 1. The van der Waals surface area contributed by atoms with Gasteiger partial charge in [0, 0.05) is 7.11 Å². The average Bonchev–Trinajstić information content (AvgIpc) is 2.92. The molecule has 0 unspecified atom stereocenters. The van der Waals surface area contributed by atoms with Crippen LogP contribution in [0, 0.1) is 23.7 Å². The maximum Gasteiger partial charge on any atom is 0.411 e. The molecule has 0 aromatic rings. The summed E-state index contributed by atoms with van der Waals surface area (Å²) >= 11 is 2.12. The standard InChI is InChI=1S/C9H18.C8H18O2.C8H18O.C8H16S.C5H9F3O/c1-8(2)9-6-4-3-5-7-9;1-7(2)10-8(3,4)6-9-5;1-6-8(4,5)9-7(2)3;1-7(2)8-3-5-9-6-4-8;1-4(2)9-3-5(6,7)8/h8-9H,3-7H2,1-2H3;7H,6H2,1-5H3;7H,6H2,1-5H3;7-8H,3-6H2,1-2H3;4H,3H2,1-2H3. The van der Waals surface area contributed by atoms with Gasteiger partial charge >= 0.3 is 6.18 Å². The molecule has 1 aliphatic heterocycles. The second-order valence-electron chi connectivity index (χ2n) is 15.5. The summed E-state index contributed by atoms with van der Waals surface area (Å²) in [6.07, 6.45) is 7.53. The molecule has 0 bridgehead atoms. The third-order valence-electron chi connectivity index (χ3n) is 7.83. The van der Waals surface area contributed by atoms with E-state index in [1.165, 1.54) is 56.5 Å². The van der Waals surface area contributed by atoms with Crippen molar-refractivity contribution in [1.29, 1.82) is 0 Å². The van der Waals surface area contributed by atoms with Crippen LogP contribution in [0.5, 0.6) is 0 Å². The predicted molar refractivity (Wildman–Crippen MR) is 196 cm³/mol. The van der Waals surface area contributed by atoms with Crippen LogP contribution < -0.4 is 0 Å². The Morgan fingerprint density at radius 2 is 1.02 bits per heavy atom. The Balaban J connectivity index is -0.000000503. The molecule has 1 heterocycles. The van der Waals surface area contributed by atoms with Gasteiger partial charge in [0.05, 0.1) is 36.1 Å². The van der Waals surface area contributed by atoms with Gasteiger partial charge in [-0.15, -0.1) is 0 Å². The SMILES string of the molecule is CC(C)C1CCCCC1.CC(C)C1CCSCC1.CC(C)OCC(F)(F)F.CCC(C)(C)OC(C)C.COCC(C)(C)OC(C)C. The lowest BCUT2D eigenvalue weighted by atomic mass is 9.82. The van der Waals surface area contributed by atoms with Crippen molar-refractivity contribution < 1.29 is 32.1 Å². The number of ether oxygens (including phenoxy) is 4. The lowest BCUT2D eigenvalue weighted by Gasteiger charge is -2.26. The molecule has 1 saturated carbocycles. The first-order chi connectivity index (χ1) is 21.0. The number of halogens is 3. The highest BCUT2D eigenvalue weighted by Gasteiger charge is 2.27. The highest BCUT2D eigenvalue weighted by molar-refractivity contribution is 7.99. The third kappa shape index (κ3) is 36.8. The molecule has 1 saturated heterocycles. The van der Waals surface area contributed by atoms with E-state index in [4.69, 9.17) is 14.2 Å². The zero-order chi connectivity index (χ0) is 36.6. The van der Waals surface area contributed by atoms with E-state index in [-0.39, 0.29) is 23.4 Å². The molecule has 2 aliphatic rings. The fourth-order valence-corrected chi connectivity index (χ4v) is 6.33. The van der Waals surface area contributed by atoms with E-state index in [9.17, 15) is 13.2 Å². The van der Waals surface area contributed by atoms with Gasteiger partial charge in [-0.2, -0.15) is 24.9 Å². The van der Waals surface area contributed by atoms with Crippen molar-refractivity contribution in [2.75, 3.05) is 31.8 Å². The van der Waals surface area contributed by atoms with Crippen LogP contribution in [-0.2, 0) is 18.9 Å². The smallest absolute Gasteiger partial charge is 0.382 e. The largest absolute Gasteiger partial charge is 0.411 e. The van der Waals surface area contributed by atoms with Crippen LogP contribution in [0.15, 0.2) is 0 Å². The zero-order valence-electron chi connectivity index (χ0n) is 33.2. The van der Waals surface area contributed by atoms with Gasteiger partial charge < -0.3 is 18.9 Å². The molecule has 0 aromatic carbocycles. The lowest BCUT2D eigenvalue weighted by molar-refractivity contribution is -0.181. The highest BCUT2D eigenvalue weighted by Crippen LogP contribution is 2.29. The molecule has 0 N–H and O–H groups in total. The van der Waals surface area contributed by atoms with Crippen LogP contribution in [0.3, 0.4) is 0 Å². The Hall–Kier alpha value is -0.0200. The summed E-state index contributed by atoms with van der Waals surface area (Å²) in [7, 11) is 1.69. The van der Waals surface area contributed by atoms with Gasteiger partial charge in [-0.1, -0.05) is 66.7 Å². The zero-order valence-corrected chi connectivity index (χ0v) is 34.0. The van der Waals surface area contributed by atoms with Gasteiger partial charge in [0.15, 0.2) is 0 Å². The van der Waals surface area contributed by atoms with Crippen LogP contribution in [0.4, 0.5) is 13.2 Å².